The van der Waals surface area contributed by atoms with Crippen molar-refractivity contribution in [3.8, 4) is 0 Å². The maximum atomic E-state index is 13.4. The second-order valence-electron chi connectivity index (χ2n) is 22.5. The minimum Gasteiger partial charge on any atom is -0.454 e. The summed E-state index contributed by atoms with van der Waals surface area (Å²) in [6.07, 6.45) is 50.8. The van der Waals surface area contributed by atoms with Crippen LogP contribution in [0.5, 0.6) is 0 Å². The predicted octanol–water partition coefficient (Wildman–Crippen LogP) is 15.3. The average molecular weight is 1060 g/mol. The van der Waals surface area contributed by atoms with E-state index in [1.165, 1.54) is 205 Å². The summed E-state index contributed by atoms with van der Waals surface area (Å²) in [5.74, 6) is -1.18. The van der Waals surface area contributed by atoms with E-state index in [1.807, 2.05) is 6.08 Å². The predicted molar refractivity (Wildman–Crippen MR) is 311 cm³/mol. The van der Waals surface area contributed by atoms with Gasteiger partial charge in [-0.3, -0.25) is 9.59 Å². The second-order valence-corrected chi connectivity index (χ2v) is 22.5. The van der Waals surface area contributed by atoms with Crippen LogP contribution < -0.4 is 5.32 Å². The standard InChI is InChI=1S/C64H121NO10/c1-4-7-10-13-16-19-22-24-25-26-27-28-29-30-31-32-33-34-37-40-43-46-49-52-59(69)75-62-61(71)60(70)58(53-66)74-64(62)73-54-55(56(67)50-47-44-41-38-35-21-18-15-12-9-6-3)65-63(72)57(68)51-48-45-42-39-36-23-20-17-14-11-8-5-2/h24-25,47,50,55-58,60-62,64,66-68,70-71H,4-23,26-46,48-49,51-54H2,1-3H3,(H,65,72)/b25-24+,50-47+. The normalized spacial score (nSPS) is 19.3. The number of rotatable bonds is 55. The SMILES string of the molecule is CCCCCCCC/C=C/CCCCCCCCCCCCCCCC(=O)OC1C(OCC(NC(=O)C(O)CCCCCCCCCCCCCC)C(O)/C=C/CCCCCCCCCCC)OC(CO)C(O)C1O. The number of aliphatic hydroxyl groups is 5. The topological polar surface area (TPSA) is 175 Å². The molecule has 1 rings (SSSR count). The van der Waals surface area contributed by atoms with Gasteiger partial charge in [0, 0.05) is 6.42 Å². The first-order valence-electron chi connectivity index (χ1n) is 32.1. The Kier molecular flexibility index (Phi) is 50.1. The van der Waals surface area contributed by atoms with E-state index in [4.69, 9.17) is 14.2 Å². The second kappa shape index (κ2) is 52.8. The van der Waals surface area contributed by atoms with Gasteiger partial charge in [-0.2, -0.15) is 0 Å². The van der Waals surface area contributed by atoms with E-state index in [2.05, 4.69) is 38.2 Å². The monoisotopic (exact) mass is 1060 g/mol. The van der Waals surface area contributed by atoms with Crippen LogP contribution in [0.4, 0.5) is 0 Å². The molecule has 8 unspecified atom stereocenters. The van der Waals surface area contributed by atoms with Crippen molar-refractivity contribution in [3.05, 3.63) is 24.3 Å². The smallest absolute Gasteiger partial charge is 0.306 e. The molecule has 0 aromatic heterocycles. The molecule has 6 N–H and O–H groups in total. The van der Waals surface area contributed by atoms with Crippen molar-refractivity contribution in [2.45, 2.75) is 359 Å². The first-order valence-corrected chi connectivity index (χ1v) is 32.1. The Balaban J connectivity index is 2.58. The van der Waals surface area contributed by atoms with Crippen LogP contribution in [0.3, 0.4) is 0 Å². The van der Waals surface area contributed by atoms with Gasteiger partial charge in [-0.25, -0.2) is 0 Å². The number of hydrogen-bond donors (Lipinski definition) is 6. The summed E-state index contributed by atoms with van der Waals surface area (Å²) in [7, 11) is 0. The molecule has 0 saturated carbocycles. The van der Waals surface area contributed by atoms with Gasteiger partial charge in [-0.1, -0.05) is 276 Å². The third-order valence-corrected chi connectivity index (χ3v) is 15.4. The third-order valence-electron chi connectivity index (χ3n) is 15.4. The summed E-state index contributed by atoms with van der Waals surface area (Å²) in [6, 6.07) is -1.02. The Bertz CT molecular complexity index is 1310. The van der Waals surface area contributed by atoms with Gasteiger partial charge in [0.2, 0.25) is 5.91 Å². The highest BCUT2D eigenvalue weighted by atomic mass is 16.7. The van der Waals surface area contributed by atoms with Crippen LogP contribution in [0.2, 0.25) is 0 Å². The van der Waals surface area contributed by atoms with Gasteiger partial charge in [0.15, 0.2) is 12.4 Å². The molecule has 0 spiro atoms. The van der Waals surface area contributed by atoms with Gasteiger partial charge in [-0.15, -0.1) is 0 Å². The number of amides is 1. The van der Waals surface area contributed by atoms with Crippen LogP contribution in [-0.2, 0) is 23.8 Å². The van der Waals surface area contributed by atoms with Crippen molar-refractivity contribution in [2.75, 3.05) is 13.2 Å². The van der Waals surface area contributed by atoms with E-state index in [9.17, 15) is 35.1 Å². The Hall–Kier alpha value is -1.86. The van der Waals surface area contributed by atoms with Crippen LogP contribution in [0.1, 0.15) is 310 Å². The minimum absolute atomic E-state index is 0.128. The molecular weight excluding hydrogens is 943 g/mol. The summed E-state index contributed by atoms with van der Waals surface area (Å²) in [5.41, 5.74) is 0. The molecule has 0 aromatic carbocycles. The lowest BCUT2D eigenvalue weighted by atomic mass is 9.99. The maximum Gasteiger partial charge on any atom is 0.306 e. The Morgan fingerprint density at radius 1 is 0.507 bits per heavy atom. The fourth-order valence-electron chi connectivity index (χ4n) is 10.2. The van der Waals surface area contributed by atoms with Crippen molar-refractivity contribution < 1.29 is 49.3 Å². The first kappa shape index (κ1) is 71.2. The van der Waals surface area contributed by atoms with Gasteiger partial charge in [0.1, 0.15) is 24.4 Å². The molecule has 1 heterocycles. The highest BCUT2D eigenvalue weighted by Gasteiger charge is 2.47. The maximum absolute atomic E-state index is 13.4. The number of unbranched alkanes of at least 4 members (excludes halogenated alkanes) is 39. The van der Waals surface area contributed by atoms with E-state index in [0.717, 1.165) is 57.8 Å². The number of esters is 1. The molecule has 1 fully saturated rings. The lowest BCUT2D eigenvalue weighted by Crippen LogP contribution is -2.61. The van der Waals surface area contributed by atoms with Crippen molar-refractivity contribution in [1.29, 1.82) is 0 Å². The fraction of sp³-hybridized carbons (Fsp3) is 0.906. The number of hydrogen-bond acceptors (Lipinski definition) is 10. The zero-order valence-electron chi connectivity index (χ0n) is 48.9. The van der Waals surface area contributed by atoms with Crippen molar-refractivity contribution >= 4 is 11.9 Å². The lowest BCUT2D eigenvalue weighted by Gasteiger charge is -2.41. The van der Waals surface area contributed by atoms with E-state index >= 15 is 0 Å². The highest BCUT2D eigenvalue weighted by Crippen LogP contribution is 2.26. The van der Waals surface area contributed by atoms with E-state index in [-0.39, 0.29) is 13.0 Å². The molecular formula is C64H121NO10. The summed E-state index contributed by atoms with van der Waals surface area (Å²) in [6.45, 7) is 5.80. The summed E-state index contributed by atoms with van der Waals surface area (Å²) in [4.78, 5) is 26.5. The minimum atomic E-state index is -1.61. The number of carbonyl (C=O) groups is 2. The molecule has 1 aliphatic rings. The number of nitrogens with one attached hydrogen (secondary N) is 1. The van der Waals surface area contributed by atoms with Crippen molar-refractivity contribution in [2.24, 2.45) is 0 Å². The highest BCUT2D eigenvalue weighted by molar-refractivity contribution is 5.80. The number of aliphatic hydroxyl groups excluding tert-OH is 5. The van der Waals surface area contributed by atoms with Gasteiger partial charge in [0.05, 0.1) is 25.4 Å². The summed E-state index contributed by atoms with van der Waals surface area (Å²) < 4.78 is 17.6. The summed E-state index contributed by atoms with van der Waals surface area (Å²) in [5, 5.41) is 56.9. The molecule has 0 bridgehead atoms. The molecule has 0 aliphatic carbocycles. The number of carbonyl (C=O) groups excluding carboxylic acids is 2. The lowest BCUT2D eigenvalue weighted by molar-refractivity contribution is -0.305. The summed E-state index contributed by atoms with van der Waals surface area (Å²) >= 11 is 0. The molecule has 11 heteroatoms. The zero-order chi connectivity index (χ0) is 54.7. The molecule has 1 aliphatic heterocycles. The molecule has 0 radical (unpaired) electrons. The van der Waals surface area contributed by atoms with Crippen LogP contribution in [0.15, 0.2) is 24.3 Å². The Morgan fingerprint density at radius 2 is 0.880 bits per heavy atom. The molecule has 442 valence electrons. The van der Waals surface area contributed by atoms with Gasteiger partial charge < -0.3 is 45.1 Å². The largest absolute Gasteiger partial charge is 0.454 e. The Labute approximate surface area is 461 Å². The van der Waals surface area contributed by atoms with Crippen LogP contribution >= 0.6 is 0 Å². The first-order chi connectivity index (χ1) is 36.7. The van der Waals surface area contributed by atoms with Crippen molar-refractivity contribution in [3.63, 3.8) is 0 Å². The average Bonchev–Trinajstić information content (AvgIpc) is 3.41. The zero-order valence-corrected chi connectivity index (χ0v) is 48.9. The molecule has 75 heavy (non-hydrogen) atoms. The van der Waals surface area contributed by atoms with Gasteiger partial charge >= 0.3 is 5.97 Å². The Morgan fingerprint density at radius 3 is 1.29 bits per heavy atom. The quantitative estimate of drug-likeness (QED) is 0.0195. The third kappa shape index (κ3) is 40.9. The van der Waals surface area contributed by atoms with E-state index in [0.29, 0.717) is 19.3 Å². The van der Waals surface area contributed by atoms with E-state index < -0.39 is 67.4 Å². The van der Waals surface area contributed by atoms with Gasteiger partial charge in [-0.05, 0) is 51.4 Å². The van der Waals surface area contributed by atoms with Crippen LogP contribution in [0, 0.1) is 0 Å². The molecule has 1 amide bonds. The molecule has 1 saturated heterocycles. The van der Waals surface area contributed by atoms with Gasteiger partial charge in [0.25, 0.3) is 0 Å². The van der Waals surface area contributed by atoms with Crippen molar-refractivity contribution in [1.82, 2.24) is 5.32 Å². The number of ether oxygens (including phenoxy) is 3. The molecule has 11 nitrogen and oxygen atoms in total. The number of allylic oxidation sites excluding steroid dienone is 3. The molecule has 0 aromatic rings. The molecule has 8 atom stereocenters. The van der Waals surface area contributed by atoms with Crippen LogP contribution in [-0.4, -0.2) is 99.6 Å². The van der Waals surface area contributed by atoms with Crippen LogP contribution in [0.25, 0.3) is 0 Å². The fourth-order valence-corrected chi connectivity index (χ4v) is 10.2. The van der Waals surface area contributed by atoms with E-state index in [1.54, 1.807) is 6.08 Å².